The molecule has 3 N–H and O–H groups in total. The molecule has 1 aromatic rings. The van der Waals surface area contributed by atoms with E-state index in [0.717, 1.165) is 5.69 Å². The maximum atomic E-state index is 11.8. The van der Waals surface area contributed by atoms with Gasteiger partial charge in [0.05, 0.1) is 12.0 Å². The van der Waals surface area contributed by atoms with Crippen molar-refractivity contribution in [3.05, 3.63) is 18.2 Å². The topological polar surface area (TPSA) is 54.7 Å². The normalized spacial score (nSPS) is 13.4. The number of H-pyrrole nitrogens is 1. The number of aromatic amines is 1. The molecular weight excluding hydrogens is 133 g/mol. The van der Waals surface area contributed by atoms with Gasteiger partial charge in [0.15, 0.2) is 0 Å². The van der Waals surface area contributed by atoms with Gasteiger partial charge in [0, 0.05) is 18.7 Å². The molecule has 1 atom stereocenters. The fraction of sp³-hybridized carbons (Fsp3) is 0.500. The number of imidazole rings is 1. The van der Waals surface area contributed by atoms with Crippen LogP contribution in [0.2, 0.25) is 0 Å². The van der Waals surface area contributed by atoms with Gasteiger partial charge in [-0.3, -0.25) is 0 Å². The fourth-order valence-corrected chi connectivity index (χ4v) is 0.726. The summed E-state index contributed by atoms with van der Waals surface area (Å²) in [4.78, 5) is 6.67. The molecule has 0 spiro atoms. The molecule has 0 aromatic carbocycles. The van der Waals surface area contributed by atoms with E-state index in [4.69, 9.17) is 5.73 Å². The van der Waals surface area contributed by atoms with Gasteiger partial charge < -0.3 is 10.7 Å². The van der Waals surface area contributed by atoms with Crippen molar-refractivity contribution in [1.82, 2.24) is 9.97 Å². The van der Waals surface area contributed by atoms with E-state index in [1.807, 2.05) is 0 Å². The van der Waals surface area contributed by atoms with Crippen molar-refractivity contribution in [2.75, 3.05) is 6.67 Å². The lowest BCUT2D eigenvalue weighted by molar-refractivity contribution is 0.425. The van der Waals surface area contributed by atoms with E-state index in [-0.39, 0.29) is 0 Å². The Morgan fingerprint density at radius 2 is 2.60 bits per heavy atom. The summed E-state index contributed by atoms with van der Waals surface area (Å²) in [6.07, 6.45) is 3.77. The Kier molecular flexibility index (Phi) is 2.39. The maximum absolute atomic E-state index is 11.8. The molecule has 0 saturated heterocycles. The summed E-state index contributed by atoms with van der Waals surface area (Å²) in [6, 6.07) is -0.414. The third-order valence-electron chi connectivity index (χ3n) is 1.22. The minimum Gasteiger partial charge on any atom is -0.351 e. The Hall–Kier alpha value is -0.900. The molecule has 1 aromatic heterocycles. The van der Waals surface area contributed by atoms with Gasteiger partial charge in [-0.15, -0.1) is 0 Å². The monoisotopic (exact) mass is 143 g/mol. The van der Waals surface area contributed by atoms with Crippen LogP contribution in [0.25, 0.3) is 0 Å². The highest BCUT2D eigenvalue weighted by atomic mass is 19.1. The number of alkyl halides is 1. The van der Waals surface area contributed by atoms with Crippen LogP contribution in [0.1, 0.15) is 5.69 Å². The first-order chi connectivity index (χ1) is 4.83. The zero-order valence-electron chi connectivity index (χ0n) is 5.55. The van der Waals surface area contributed by atoms with E-state index < -0.39 is 12.7 Å². The lowest BCUT2D eigenvalue weighted by Crippen LogP contribution is -2.24. The molecule has 0 bridgehead atoms. The summed E-state index contributed by atoms with van der Waals surface area (Å²) < 4.78 is 11.8. The van der Waals surface area contributed by atoms with Gasteiger partial charge in [0.25, 0.3) is 0 Å². The number of halogens is 1. The van der Waals surface area contributed by atoms with Gasteiger partial charge in [0.2, 0.25) is 0 Å². The van der Waals surface area contributed by atoms with Crippen molar-refractivity contribution in [2.45, 2.75) is 12.5 Å². The van der Waals surface area contributed by atoms with Gasteiger partial charge in [-0.05, 0) is 0 Å². The highest BCUT2D eigenvalue weighted by Gasteiger charge is 2.03. The summed E-state index contributed by atoms with van der Waals surface area (Å²) in [5.74, 6) is 0. The molecule has 0 fully saturated rings. The van der Waals surface area contributed by atoms with E-state index in [1.54, 1.807) is 12.5 Å². The number of rotatable bonds is 3. The SMILES string of the molecule is N[C@H](CF)Cc1c[nH]cn1. The first-order valence-electron chi connectivity index (χ1n) is 3.12. The molecule has 3 nitrogen and oxygen atoms in total. The van der Waals surface area contributed by atoms with Gasteiger partial charge >= 0.3 is 0 Å². The van der Waals surface area contributed by atoms with Crippen molar-refractivity contribution in [3.8, 4) is 0 Å². The van der Waals surface area contributed by atoms with Crippen molar-refractivity contribution in [1.29, 1.82) is 0 Å². The minimum absolute atomic E-state index is 0.414. The standard InChI is InChI=1S/C6H10FN3/c7-2-5(8)1-6-3-9-4-10-6/h3-5H,1-2,8H2,(H,9,10)/t5-/m0/s1. The second-order valence-electron chi connectivity index (χ2n) is 2.18. The Morgan fingerprint density at radius 1 is 1.80 bits per heavy atom. The number of nitrogens with one attached hydrogen (secondary N) is 1. The second kappa shape index (κ2) is 3.31. The lowest BCUT2D eigenvalue weighted by atomic mass is 10.2. The molecule has 0 saturated carbocycles. The summed E-state index contributed by atoms with van der Waals surface area (Å²) >= 11 is 0. The van der Waals surface area contributed by atoms with Gasteiger partial charge in [0.1, 0.15) is 6.67 Å². The minimum atomic E-state index is -0.493. The van der Waals surface area contributed by atoms with Crippen molar-refractivity contribution < 1.29 is 4.39 Å². The van der Waals surface area contributed by atoms with Crippen LogP contribution in [-0.4, -0.2) is 22.7 Å². The number of aromatic nitrogens is 2. The number of nitrogens with zero attached hydrogens (tertiary/aromatic N) is 1. The molecule has 0 aliphatic rings. The average molecular weight is 143 g/mol. The smallest absolute Gasteiger partial charge is 0.105 e. The lowest BCUT2D eigenvalue weighted by Gasteiger charge is -2.01. The molecular formula is C6H10FN3. The molecule has 0 aliphatic carbocycles. The summed E-state index contributed by atoms with van der Waals surface area (Å²) in [5.41, 5.74) is 6.15. The van der Waals surface area contributed by atoms with Crippen molar-refractivity contribution >= 4 is 0 Å². The van der Waals surface area contributed by atoms with Crippen molar-refractivity contribution in [2.24, 2.45) is 5.73 Å². The summed E-state index contributed by atoms with van der Waals surface area (Å²) in [5, 5.41) is 0. The third-order valence-corrected chi connectivity index (χ3v) is 1.22. The zero-order chi connectivity index (χ0) is 7.40. The van der Waals surface area contributed by atoms with Crippen LogP contribution in [0.4, 0.5) is 4.39 Å². The van der Waals surface area contributed by atoms with Crippen LogP contribution in [0.3, 0.4) is 0 Å². The van der Waals surface area contributed by atoms with Crippen LogP contribution in [0.5, 0.6) is 0 Å². The Balaban J connectivity index is 2.40. The van der Waals surface area contributed by atoms with Crippen LogP contribution in [-0.2, 0) is 6.42 Å². The third kappa shape index (κ3) is 1.80. The average Bonchev–Trinajstić information content (AvgIpc) is 2.40. The quantitative estimate of drug-likeness (QED) is 0.637. The van der Waals surface area contributed by atoms with E-state index in [2.05, 4.69) is 9.97 Å². The molecule has 1 rings (SSSR count). The fourth-order valence-electron chi connectivity index (χ4n) is 0.726. The van der Waals surface area contributed by atoms with E-state index in [1.165, 1.54) is 0 Å². The van der Waals surface area contributed by atoms with Crippen molar-refractivity contribution in [3.63, 3.8) is 0 Å². The first kappa shape index (κ1) is 7.21. The number of hydrogen-bond acceptors (Lipinski definition) is 2. The molecule has 0 unspecified atom stereocenters. The number of hydrogen-bond donors (Lipinski definition) is 2. The Morgan fingerprint density at radius 3 is 3.10 bits per heavy atom. The summed E-state index contributed by atoms with van der Waals surface area (Å²) in [6.45, 7) is -0.493. The molecule has 10 heavy (non-hydrogen) atoms. The van der Waals surface area contributed by atoms with Crippen LogP contribution in [0.15, 0.2) is 12.5 Å². The molecule has 0 amide bonds. The van der Waals surface area contributed by atoms with Gasteiger partial charge in [-0.1, -0.05) is 0 Å². The maximum Gasteiger partial charge on any atom is 0.105 e. The van der Waals surface area contributed by atoms with Crippen LogP contribution >= 0.6 is 0 Å². The molecule has 0 aliphatic heterocycles. The first-order valence-corrected chi connectivity index (χ1v) is 3.12. The highest BCUT2D eigenvalue weighted by Crippen LogP contribution is 1.95. The Bertz CT molecular complexity index is 173. The largest absolute Gasteiger partial charge is 0.351 e. The van der Waals surface area contributed by atoms with Gasteiger partial charge in [-0.2, -0.15) is 0 Å². The second-order valence-corrected chi connectivity index (χ2v) is 2.18. The molecule has 0 radical (unpaired) electrons. The predicted octanol–water partition coefficient (Wildman–Crippen LogP) is 0.249. The van der Waals surface area contributed by atoms with E-state index in [9.17, 15) is 4.39 Å². The Labute approximate surface area is 58.5 Å². The molecule has 1 heterocycles. The van der Waals surface area contributed by atoms with E-state index in [0.29, 0.717) is 6.42 Å². The van der Waals surface area contributed by atoms with Crippen LogP contribution in [0, 0.1) is 0 Å². The zero-order valence-corrected chi connectivity index (χ0v) is 5.55. The highest BCUT2D eigenvalue weighted by molar-refractivity contribution is 4.96. The molecule has 56 valence electrons. The number of nitrogens with two attached hydrogens (primary N) is 1. The van der Waals surface area contributed by atoms with Crippen LogP contribution < -0.4 is 5.73 Å². The van der Waals surface area contributed by atoms with Gasteiger partial charge in [-0.25, -0.2) is 9.37 Å². The predicted molar refractivity (Wildman–Crippen MR) is 36.2 cm³/mol. The summed E-state index contributed by atoms with van der Waals surface area (Å²) in [7, 11) is 0. The van der Waals surface area contributed by atoms with E-state index >= 15 is 0 Å². The molecule has 4 heteroatoms.